The molecule has 0 unspecified atom stereocenters. The molecule has 0 saturated carbocycles. The maximum Gasteiger partial charge on any atom is 0.147 e. The van der Waals surface area contributed by atoms with Crippen molar-refractivity contribution in [2.45, 2.75) is 19.4 Å². The second-order valence-corrected chi connectivity index (χ2v) is 6.76. The van der Waals surface area contributed by atoms with Gasteiger partial charge in [0.2, 0.25) is 0 Å². The summed E-state index contributed by atoms with van der Waals surface area (Å²) in [5.41, 5.74) is 6.61. The van der Waals surface area contributed by atoms with Gasteiger partial charge in [-0.15, -0.1) is 11.3 Å². The van der Waals surface area contributed by atoms with Crippen LogP contribution in [0.2, 0.25) is 0 Å². The van der Waals surface area contributed by atoms with Gasteiger partial charge < -0.3 is 11.1 Å². The third kappa shape index (κ3) is 2.69. The summed E-state index contributed by atoms with van der Waals surface area (Å²) in [6.45, 7) is 4.63. The Morgan fingerprint density at radius 3 is 2.94 bits per heavy atom. The van der Waals surface area contributed by atoms with E-state index in [9.17, 15) is 0 Å². The number of halogens is 1. The molecule has 6 heteroatoms. The number of nitrogens with zero attached hydrogens (tertiary/aromatic N) is 2. The summed E-state index contributed by atoms with van der Waals surface area (Å²) >= 11 is 5.07. The molecule has 0 aliphatic heterocycles. The van der Waals surface area contributed by atoms with Crippen LogP contribution in [-0.2, 0) is 0 Å². The van der Waals surface area contributed by atoms with E-state index in [-0.39, 0.29) is 5.54 Å². The summed E-state index contributed by atoms with van der Waals surface area (Å²) in [6, 6.07) is 1.99. The number of hydrogen-bond donors (Lipinski definition) is 2. The van der Waals surface area contributed by atoms with Gasteiger partial charge in [-0.3, -0.25) is 0 Å². The lowest BCUT2D eigenvalue weighted by Gasteiger charge is -2.19. The number of aromatic nitrogens is 2. The van der Waals surface area contributed by atoms with Crippen molar-refractivity contribution in [1.29, 1.82) is 0 Å². The number of rotatable bonds is 3. The van der Waals surface area contributed by atoms with Gasteiger partial charge in [-0.1, -0.05) is 0 Å². The van der Waals surface area contributed by atoms with Crippen molar-refractivity contribution in [1.82, 2.24) is 9.97 Å². The number of nitrogens with one attached hydrogen (secondary N) is 1. The van der Waals surface area contributed by atoms with Crippen LogP contribution in [0.15, 0.2) is 16.2 Å². The average Bonchev–Trinajstić information content (AvgIpc) is 2.54. The molecule has 86 valence electrons. The van der Waals surface area contributed by atoms with Crippen molar-refractivity contribution >= 4 is 43.3 Å². The van der Waals surface area contributed by atoms with E-state index in [0.29, 0.717) is 6.54 Å². The van der Waals surface area contributed by atoms with Crippen molar-refractivity contribution in [2.75, 3.05) is 11.9 Å². The molecular formula is C10H13BrN4S. The molecule has 2 aromatic rings. The van der Waals surface area contributed by atoms with Gasteiger partial charge in [-0.2, -0.15) is 0 Å². The van der Waals surface area contributed by atoms with Crippen LogP contribution in [0, 0.1) is 0 Å². The molecule has 0 aliphatic rings. The van der Waals surface area contributed by atoms with Crippen LogP contribution in [0.1, 0.15) is 13.8 Å². The fraction of sp³-hybridized carbons (Fsp3) is 0.400. The number of hydrogen-bond acceptors (Lipinski definition) is 5. The lowest BCUT2D eigenvalue weighted by atomic mass is 10.1. The zero-order chi connectivity index (χ0) is 11.8. The van der Waals surface area contributed by atoms with Crippen LogP contribution in [-0.4, -0.2) is 22.1 Å². The molecule has 0 saturated heterocycles. The zero-order valence-electron chi connectivity index (χ0n) is 9.12. The molecule has 16 heavy (non-hydrogen) atoms. The van der Waals surface area contributed by atoms with Crippen molar-refractivity contribution < 1.29 is 0 Å². The fourth-order valence-corrected chi connectivity index (χ4v) is 2.77. The molecule has 0 fully saturated rings. The summed E-state index contributed by atoms with van der Waals surface area (Å²) in [6.07, 6.45) is 1.56. The molecule has 4 nitrogen and oxygen atoms in total. The van der Waals surface area contributed by atoms with Gasteiger partial charge in [-0.25, -0.2) is 9.97 Å². The van der Waals surface area contributed by atoms with Crippen molar-refractivity contribution in [3.05, 3.63) is 16.2 Å². The van der Waals surface area contributed by atoms with Crippen molar-refractivity contribution in [2.24, 2.45) is 5.73 Å². The molecule has 2 aromatic heterocycles. The Hall–Kier alpha value is -0.720. The van der Waals surface area contributed by atoms with Gasteiger partial charge >= 0.3 is 0 Å². The first-order valence-corrected chi connectivity index (χ1v) is 6.49. The smallest absolute Gasteiger partial charge is 0.147 e. The first-order chi connectivity index (χ1) is 7.46. The van der Waals surface area contributed by atoms with Gasteiger partial charge in [-0.05, 0) is 35.8 Å². The number of thiophene rings is 1. The Morgan fingerprint density at radius 1 is 1.50 bits per heavy atom. The zero-order valence-corrected chi connectivity index (χ0v) is 11.5. The Kier molecular flexibility index (Phi) is 3.14. The molecule has 0 aromatic carbocycles. The predicted octanol–water partition coefficient (Wildman–Crippen LogP) is 2.60. The van der Waals surface area contributed by atoms with E-state index in [4.69, 9.17) is 5.73 Å². The Bertz CT molecular complexity index is 503. The Morgan fingerprint density at radius 2 is 2.25 bits per heavy atom. The first-order valence-electron chi connectivity index (χ1n) is 4.88. The third-order valence-corrected chi connectivity index (χ3v) is 3.63. The largest absolute Gasteiger partial charge is 0.367 e. The van der Waals surface area contributed by atoms with Crippen LogP contribution in [0.5, 0.6) is 0 Å². The van der Waals surface area contributed by atoms with E-state index in [1.54, 1.807) is 17.7 Å². The molecule has 3 N–H and O–H groups in total. The normalized spacial score (nSPS) is 12.0. The highest BCUT2D eigenvalue weighted by molar-refractivity contribution is 9.11. The van der Waals surface area contributed by atoms with Gasteiger partial charge in [0.1, 0.15) is 12.1 Å². The quantitative estimate of drug-likeness (QED) is 0.914. The van der Waals surface area contributed by atoms with Gasteiger partial charge in [0.25, 0.3) is 0 Å². The second kappa shape index (κ2) is 4.27. The topological polar surface area (TPSA) is 63.8 Å². The maximum absolute atomic E-state index is 5.92. The molecule has 0 spiro atoms. The fourth-order valence-electron chi connectivity index (χ4n) is 1.26. The van der Waals surface area contributed by atoms with E-state index in [1.165, 1.54) is 0 Å². The Balaban J connectivity index is 2.30. The van der Waals surface area contributed by atoms with Crippen LogP contribution < -0.4 is 11.1 Å². The highest BCUT2D eigenvalue weighted by Crippen LogP contribution is 2.32. The standard InChI is InChI=1S/C10H13BrN4S/c1-10(2,12)4-13-9-8-6(14-5-15-9)3-7(11)16-8/h3,5H,4,12H2,1-2H3,(H,13,14,15). The second-order valence-electron chi connectivity index (χ2n) is 4.33. The minimum atomic E-state index is -0.258. The van der Waals surface area contributed by atoms with Gasteiger partial charge in [0.15, 0.2) is 0 Å². The lowest BCUT2D eigenvalue weighted by Crippen LogP contribution is -2.39. The summed E-state index contributed by atoms with van der Waals surface area (Å²) in [7, 11) is 0. The van der Waals surface area contributed by atoms with Gasteiger partial charge in [0, 0.05) is 12.1 Å². The van der Waals surface area contributed by atoms with E-state index < -0.39 is 0 Å². The molecule has 0 bridgehead atoms. The summed E-state index contributed by atoms with van der Waals surface area (Å²) in [5, 5.41) is 3.25. The average molecular weight is 301 g/mol. The SMILES string of the molecule is CC(C)(N)CNc1ncnc2cc(Br)sc12. The molecular weight excluding hydrogens is 288 g/mol. The molecule has 0 amide bonds. The van der Waals surface area contributed by atoms with Gasteiger partial charge in [0.05, 0.1) is 14.0 Å². The molecule has 0 radical (unpaired) electrons. The minimum Gasteiger partial charge on any atom is -0.367 e. The van der Waals surface area contributed by atoms with E-state index in [1.807, 2.05) is 19.9 Å². The molecule has 0 aliphatic carbocycles. The van der Waals surface area contributed by atoms with Crippen LogP contribution in [0.25, 0.3) is 10.2 Å². The predicted molar refractivity (Wildman–Crippen MR) is 71.9 cm³/mol. The maximum atomic E-state index is 5.92. The third-order valence-electron chi connectivity index (χ3n) is 1.99. The molecule has 2 heterocycles. The van der Waals surface area contributed by atoms with Crippen LogP contribution in [0.4, 0.5) is 5.82 Å². The van der Waals surface area contributed by atoms with Crippen molar-refractivity contribution in [3.8, 4) is 0 Å². The van der Waals surface area contributed by atoms with E-state index >= 15 is 0 Å². The molecule has 0 atom stereocenters. The summed E-state index contributed by atoms with van der Waals surface area (Å²) in [5.74, 6) is 0.847. The first kappa shape index (κ1) is 11.8. The van der Waals surface area contributed by atoms with E-state index in [2.05, 4.69) is 31.2 Å². The number of nitrogens with two attached hydrogens (primary N) is 1. The number of anilines is 1. The summed E-state index contributed by atoms with van der Waals surface area (Å²) in [4.78, 5) is 8.44. The van der Waals surface area contributed by atoms with Crippen molar-refractivity contribution in [3.63, 3.8) is 0 Å². The highest BCUT2D eigenvalue weighted by atomic mass is 79.9. The summed E-state index contributed by atoms with van der Waals surface area (Å²) < 4.78 is 2.11. The highest BCUT2D eigenvalue weighted by Gasteiger charge is 2.12. The Labute approximate surface area is 106 Å². The lowest BCUT2D eigenvalue weighted by molar-refractivity contribution is 0.549. The van der Waals surface area contributed by atoms with Crippen LogP contribution >= 0.6 is 27.3 Å². The molecule has 2 rings (SSSR count). The monoisotopic (exact) mass is 300 g/mol. The number of fused-ring (bicyclic) bond motifs is 1. The van der Waals surface area contributed by atoms with E-state index in [0.717, 1.165) is 19.8 Å². The minimum absolute atomic E-state index is 0.258. The van der Waals surface area contributed by atoms with Crippen LogP contribution in [0.3, 0.4) is 0 Å².